The van der Waals surface area contributed by atoms with Crippen molar-refractivity contribution in [3.8, 4) is 0 Å². The van der Waals surface area contributed by atoms with Gasteiger partial charge in [0.15, 0.2) is 6.61 Å². The molecule has 10 nitrogen and oxygen atoms in total. The highest BCUT2D eigenvalue weighted by Crippen LogP contribution is 2.43. The Hall–Kier alpha value is -3.50. The lowest BCUT2D eigenvalue weighted by atomic mass is 9.80. The number of rotatable bonds is 6. The van der Waals surface area contributed by atoms with Crippen LogP contribution in [0, 0.1) is 28.9 Å². The Bertz CT molecular complexity index is 1220. The van der Waals surface area contributed by atoms with Crippen LogP contribution in [0.3, 0.4) is 0 Å². The van der Waals surface area contributed by atoms with Crippen LogP contribution in [0.4, 0.5) is 17.1 Å². The fourth-order valence-corrected chi connectivity index (χ4v) is 4.98. The predicted molar refractivity (Wildman–Crippen MR) is 131 cm³/mol. The maximum absolute atomic E-state index is 12.9. The van der Waals surface area contributed by atoms with Gasteiger partial charge in [0.05, 0.1) is 38.8 Å². The number of benzene rings is 2. The Balaban J connectivity index is 1.36. The molecule has 2 aliphatic rings. The van der Waals surface area contributed by atoms with Crippen molar-refractivity contribution in [2.24, 2.45) is 11.8 Å². The summed E-state index contributed by atoms with van der Waals surface area (Å²) in [4.78, 5) is 61.8. The third-order valence-electron chi connectivity index (χ3n) is 6.30. The van der Waals surface area contributed by atoms with E-state index in [1.54, 1.807) is 6.92 Å². The molecule has 0 radical (unpaired) electrons. The van der Waals surface area contributed by atoms with Gasteiger partial charge in [0, 0.05) is 17.3 Å². The molecule has 0 aromatic heterocycles. The fraction of sp³-hybridized carbons (Fsp3) is 0.333. The van der Waals surface area contributed by atoms with Gasteiger partial charge in [-0.25, -0.2) is 4.79 Å². The average molecular weight is 534 g/mol. The molecule has 188 valence electrons. The van der Waals surface area contributed by atoms with E-state index in [4.69, 9.17) is 27.9 Å². The quantitative estimate of drug-likeness (QED) is 0.196. The lowest BCUT2D eigenvalue weighted by molar-refractivity contribution is -0.385. The lowest BCUT2D eigenvalue weighted by Crippen LogP contribution is -2.34. The number of nitrogens with one attached hydrogen (secondary N) is 1. The first-order valence-electron chi connectivity index (χ1n) is 11.0. The van der Waals surface area contributed by atoms with Gasteiger partial charge in [-0.2, -0.15) is 0 Å². The van der Waals surface area contributed by atoms with Crippen molar-refractivity contribution < 1.29 is 28.8 Å². The molecule has 0 unspecified atom stereocenters. The number of nitrogens with zero attached hydrogens (tertiary/aromatic N) is 2. The number of halogens is 2. The van der Waals surface area contributed by atoms with Gasteiger partial charge in [-0.05, 0) is 50.1 Å². The minimum atomic E-state index is -0.797. The van der Waals surface area contributed by atoms with Gasteiger partial charge in [-0.15, -0.1) is 23.2 Å². The van der Waals surface area contributed by atoms with E-state index in [1.165, 1.54) is 42.5 Å². The lowest BCUT2D eigenvalue weighted by Gasteiger charge is -2.28. The Morgan fingerprint density at radius 2 is 1.64 bits per heavy atom. The fourth-order valence-electron chi connectivity index (χ4n) is 4.39. The van der Waals surface area contributed by atoms with Crippen LogP contribution >= 0.6 is 23.2 Å². The predicted octanol–water partition coefficient (Wildman–Crippen LogP) is 3.81. The van der Waals surface area contributed by atoms with Gasteiger partial charge in [0.1, 0.15) is 0 Å². The summed E-state index contributed by atoms with van der Waals surface area (Å²) in [5, 5.41) is 12.7. The van der Waals surface area contributed by atoms with Crippen molar-refractivity contribution in [3.05, 3.63) is 63.7 Å². The molecule has 2 aromatic rings. The van der Waals surface area contributed by atoms with E-state index in [1.807, 2.05) is 0 Å². The van der Waals surface area contributed by atoms with Crippen LogP contribution in [0.25, 0.3) is 0 Å². The number of carbonyl (C=O) groups is 4. The van der Waals surface area contributed by atoms with E-state index in [-0.39, 0.29) is 39.5 Å². The minimum Gasteiger partial charge on any atom is -0.452 e. The number of anilines is 2. The molecule has 1 aliphatic carbocycles. The van der Waals surface area contributed by atoms with Crippen molar-refractivity contribution in [3.63, 3.8) is 0 Å². The summed E-state index contributed by atoms with van der Waals surface area (Å²) < 4.78 is 5.01. The summed E-state index contributed by atoms with van der Waals surface area (Å²) in [5.41, 5.74) is 0.904. The normalized spacial score (nSPS) is 23.2. The van der Waals surface area contributed by atoms with Crippen molar-refractivity contribution in [2.75, 3.05) is 16.8 Å². The van der Waals surface area contributed by atoms with Gasteiger partial charge >= 0.3 is 5.97 Å². The second kappa shape index (κ2) is 10.2. The first-order chi connectivity index (χ1) is 17.1. The molecule has 1 saturated heterocycles. The zero-order chi connectivity index (χ0) is 26.1. The summed E-state index contributed by atoms with van der Waals surface area (Å²) in [6.07, 6.45) is 0.647. The molecule has 4 atom stereocenters. The number of aryl methyl sites for hydroxylation is 1. The van der Waals surface area contributed by atoms with Gasteiger partial charge in [-0.1, -0.05) is 6.07 Å². The van der Waals surface area contributed by atoms with Crippen molar-refractivity contribution in [1.82, 2.24) is 0 Å². The maximum atomic E-state index is 12.9. The molecular weight excluding hydrogens is 513 g/mol. The summed E-state index contributed by atoms with van der Waals surface area (Å²) in [6.45, 7) is 0.956. The zero-order valence-corrected chi connectivity index (χ0v) is 20.5. The van der Waals surface area contributed by atoms with E-state index in [9.17, 15) is 29.3 Å². The van der Waals surface area contributed by atoms with Crippen LogP contribution in [0.2, 0.25) is 0 Å². The van der Waals surface area contributed by atoms with Gasteiger partial charge in [0.2, 0.25) is 11.8 Å². The zero-order valence-electron chi connectivity index (χ0n) is 19.0. The molecule has 12 heteroatoms. The average Bonchev–Trinajstić information content (AvgIpc) is 3.08. The minimum absolute atomic E-state index is 0.107. The van der Waals surface area contributed by atoms with Crippen LogP contribution in [0.15, 0.2) is 42.5 Å². The molecule has 2 fully saturated rings. The Morgan fingerprint density at radius 3 is 2.19 bits per heavy atom. The molecule has 0 bridgehead atoms. The van der Waals surface area contributed by atoms with Crippen LogP contribution in [0.1, 0.15) is 28.8 Å². The van der Waals surface area contributed by atoms with Crippen LogP contribution in [-0.4, -0.2) is 46.0 Å². The molecule has 1 saturated carbocycles. The van der Waals surface area contributed by atoms with Gasteiger partial charge in [0.25, 0.3) is 11.6 Å². The standard InChI is InChI=1S/C24H21Cl2N3O7/c1-12-2-5-14(8-20(12)29(34)35)27-21(30)11-36-24(33)13-3-6-15(7-4-13)28-22(31)16-9-18(25)19(26)10-17(16)23(28)32/h2-8,16-19H,9-11H2,1H3,(H,27,30)/t16-,17+,18-,19-/m0/s1. The number of carbonyl (C=O) groups excluding carboxylic acids is 4. The molecule has 1 N–H and O–H groups in total. The van der Waals surface area contributed by atoms with Crippen LogP contribution in [0.5, 0.6) is 0 Å². The van der Waals surface area contributed by atoms with Gasteiger partial charge in [-0.3, -0.25) is 29.4 Å². The van der Waals surface area contributed by atoms with E-state index < -0.39 is 35.2 Å². The Morgan fingerprint density at radius 1 is 1.06 bits per heavy atom. The van der Waals surface area contributed by atoms with E-state index in [0.717, 1.165) is 4.90 Å². The van der Waals surface area contributed by atoms with Crippen LogP contribution < -0.4 is 10.2 Å². The number of nitro benzene ring substituents is 1. The summed E-state index contributed by atoms with van der Waals surface area (Å²) in [5.74, 6) is -3.20. The van der Waals surface area contributed by atoms with E-state index in [2.05, 4.69) is 5.32 Å². The number of ether oxygens (including phenoxy) is 1. The molecule has 0 spiro atoms. The third kappa shape index (κ3) is 5.05. The summed E-state index contributed by atoms with van der Waals surface area (Å²) in [6, 6.07) is 9.88. The summed E-state index contributed by atoms with van der Waals surface area (Å²) in [7, 11) is 0. The second-order valence-corrected chi connectivity index (χ2v) is 9.78. The molecule has 1 aliphatic heterocycles. The van der Waals surface area contributed by atoms with Gasteiger partial charge < -0.3 is 10.1 Å². The molecular formula is C24H21Cl2N3O7. The third-order valence-corrected chi connectivity index (χ3v) is 7.39. The van der Waals surface area contributed by atoms with Crippen molar-refractivity contribution in [1.29, 1.82) is 0 Å². The number of alkyl halides is 2. The number of nitro groups is 1. The van der Waals surface area contributed by atoms with Crippen molar-refractivity contribution >= 4 is 64.0 Å². The highest BCUT2D eigenvalue weighted by atomic mass is 35.5. The number of hydrogen-bond acceptors (Lipinski definition) is 7. The Labute approximate surface area is 215 Å². The molecule has 2 aromatic carbocycles. The topological polar surface area (TPSA) is 136 Å². The largest absolute Gasteiger partial charge is 0.452 e. The monoisotopic (exact) mass is 533 g/mol. The first kappa shape index (κ1) is 25.6. The molecule has 36 heavy (non-hydrogen) atoms. The highest BCUT2D eigenvalue weighted by molar-refractivity contribution is 6.31. The first-order valence-corrected chi connectivity index (χ1v) is 11.9. The number of esters is 1. The van der Waals surface area contributed by atoms with Crippen molar-refractivity contribution in [2.45, 2.75) is 30.5 Å². The molecule has 3 amide bonds. The smallest absolute Gasteiger partial charge is 0.338 e. The van der Waals surface area contributed by atoms with Crippen LogP contribution in [-0.2, 0) is 19.1 Å². The number of hydrogen-bond donors (Lipinski definition) is 1. The SMILES string of the molecule is Cc1ccc(NC(=O)COC(=O)c2ccc(N3C(=O)[C@H]4C[C@H](Cl)[C@@H](Cl)C[C@H]4C3=O)cc2)cc1[N+](=O)[O-]. The number of imide groups is 1. The second-order valence-electron chi connectivity index (χ2n) is 8.66. The highest BCUT2D eigenvalue weighted by Gasteiger charge is 2.52. The number of fused-ring (bicyclic) bond motifs is 1. The molecule has 1 heterocycles. The number of amides is 3. The van der Waals surface area contributed by atoms with E-state index >= 15 is 0 Å². The molecule has 4 rings (SSSR count). The summed E-state index contributed by atoms with van der Waals surface area (Å²) >= 11 is 12.4. The maximum Gasteiger partial charge on any atom is 0.338 e. The Kier molecular flexibility index (Phi) is 7.28. The van der Waals surface area contributed by atoms with E-state index in [0.29, 0.717) is 24.1 Å².